The summed E-state index contributed by atoms with van der Waals surface area (Å²) in [6, 6.07) is 10.0. The molecule has 1 aromatic carbocycles. The molecule has 4 nitrogen and oxygen atoms in total. The van der Waals surface area contributed by atoms with Crippen LogP contribution in [-0.2, 0) is 0 Å². The average molecular weight is 284 g/mol. The monoisotopic (exact) mass is 283 g/mol. The Morgan fingerprint density at radius 1 is 1.35 bits per heavy atom. The van der Waals surface area contributed by atoms with Crippen molar-refractivity contribution >= 4 is 22.6 Å². The fraction of sp³-hybridized carbons (Fsp3) is 0.200. The number of hydrogen-bond acceptors (Lipinski definition) is 3. The van der Waals surface area contributed by atoms with Gasteiger partial charge in [-0.25, -0.2) is 4.98 Å². The second-order valence-corrected chi connectivity index (χ2v) is 5.30. The van der Waals surface area contributed by atoms with Crippen molar-refractivity contribution in [3.63, 3.8) is 0 Å². The van der Waals surface area contributed by atoms with Gasteiger partial charge in [-0.3, -0.25) is 0 Å². The zero-order valence-electron chi connectivity index (χ0n) is 10.5. The van der Waals surface area contributed by atoms with E-state index in [9.17, 15) is 0 Å². The van der Waals surface area contributed by atoms with E-state index in [1.165, 1.54) is 0 Å². The highest BCUT2D eigenvalue weighted by Gasteiger charge is 2.29. The van der Waals surface area contributed by atoms with E-state index in [4.69, 9.17) is 21.3 Å². The molecule has 3 aromatic rings. The first-order valence-electron chi connectivity index (χ1n) is 6.43. The third-order valence-electron chi connectivity index (χ3n) is 3.59. The van der Waals surface area contributed by atoms with Crippen LogP contribution >= 0.6 is 11.6 Å². The van der Waals surface area contributed by atoms with Crippen LogP contribution in [0, 0.1) is 11.3 Å². The summed E-state index contributed by atoms with van der Waals surface area (Å²) < 4.78 is 7.38. The first kappa shape index (κ1) is 11.6. The first-order chi connectivity index (χ1) is 9.78. The quantitative estimate of drug-likeness (QED) is 0.710. The summed E-state index contributed by atoms with van der Waals surface area (Å²) >= 11 is 6.09. The zero-order valence-corrected chi connectivity index (χ0v) is 11.3. The number of furan rings is 1. The summed E-state index contributed by atoms with van der Waals surface area (Å²) in [5, 5.41) is 9.35. The summed E-state index contributed by atoms with van der Waals surface area (Å²) in [4.78, 5) is 4.65. The van der Waals surface area contributed by atoms with E-state index in [0.29, 0.717) is 16.8 Å². The van der Waals surface area contributed by atoms with Crippen LogP contribution in [0.5, 0.6) is 0 Å². The first-order valence-corrected chi connectivity index (χ1v) is 6.81. The van der Waals surface area contributed by atoms with Gasteiger partial charge in [0.15, 0.2) is 0 Å². The Labute approximate surface area is 120 Å². The minimum atomic E-state index is 0.350. The Kier molecular flexibility index (Phi) is 2.38. The molecule has 0 saturated heterocycles. The van der Waals surface area contributed by atoms with Gasteiger partial charge in [0.2, 0.25) is 5.22 Å². The van der Waals surface area contributed by atoms with Crippen molar-refractivity contribution in [2.45, 2.75) is 18.9 Å². The second kappa shape index (κ2) is 4.12. The molecule has 20 heavy (non-hydrogen) atoms. The molecule has 0 unspecified atom stereocenters. The van der Waals surface area contributed by atoms with E-state index >= 15 is 0 Å². The molecule has 0 atom stereocenters. The maximum absolute atomic E-state index is 9.00. The molecule has 1 aliphatic carbocycles. The molecule has 0 radical (unpaired) electrons. The number of imidazole rings is 1. The molecule has 2 aromatic heterocycles. The topological polar surface area (TPSA) is 54.8 Å². The lowest BCUT2D eigenvalue weighted by Gasteiger charge is -2.06. The molecule has 0 spiro atoms. The van der Waals surface area contributed by atoms with Crippen LogP contribution < -0.4 is 0 Å². The van der Waals surface area contributed by atoms with Gasteiger partial charge in [0, 0.05) is 6.04 Å². The number of halogens is 1. The molecule has 1 aliphatic rings. The Balaban J connectivity index is 2.03. The Hall–Kier alpha value is -2.25. The number of hydrogen-bond donors (Lipinski definition) is 0. The molecular weight excluding hydrogens is 274 g/mol. The summed E-state index contributed by atoms with van der Waals surface area (Å²) in [5.41, 5.74) is 3.28. The largest absolute Gasteiger partial charge is 0.452 e. The zero-order chi connectivity index (χ0) is 13.7. The van der Waals surface area contributed by atoms with Crippen LogP contribution in [-0.4, -0.2) is 9.55 Å². The summed E-state index contributed by atoms with van der Waals surface area (Å²) in [5.74, 6) is 0.816. The van der Waals surface area contributed by atoms with Gasteiger partial charge < -0.3 is 8.98 Å². The predicted octanol–water partition coefficient (Wildman–Crippen LogP) is 4.16. The van der Waals surface area contributed by atoms with Gasteiger partial charge in [-0.15, -0.1) is 0 Å². The van der Waals surface area contributed by atoms with Crippen molar-refractivity contribution < 1.29 is 4.42 Å². The van der Waals surface area contributed by atoms with Crippen LogP contribution in [0.4, 0.5) is 0 Å². The van der Waals surface area contributed by atoms with Crippen molar-refractivity contribution in [3.05, 3.63) is 41.3 Å². The molecule has 5 heteroatoms. The van der Waals surface area contributed by atoms with E-state index < -0.39 is 0 Å². The molecule has 4 rings (SSSR count). The van der Waals surface area contributed by atoms with Crippen LogP contribution in [0.25, 0.3) is 22.4 Å². The molecule has 0 aliphatic heterocycles. The molecule has 0 bridgehead atoms. The minimum absolute atomic E-state index is 0.350. The molecule has 0 N–H and O–H groups in total. The number of nitrogens with zero attached hydrogens (tertiary/aromatic N) is 3. The number of rotatable bonds is 2. The maximum Gasteiger partial charge on any atom is 0.203 e. The lowest BCUT2D eigenvalue weighted by Crippen LogP contribution is -1.96. The lowest BCUT2D eigenvalue weighted by molar-refractivity contribution is 0.569. The third kappa shape index (κ3) is 1.64. The van der Waals surface area contributed by atoms with Crippen molar-refractivity contribution in [3.8, 4) is 17.5 Å². The molecule has 1 saturated carbocycles. The number of benzene rings is 1. The maximum atomic E-state index is 9.00. The SMILES string of the molecule is N#Cc1ccc2c(c1)nc(-c1ccoc1Cl)n2C1CC1. The van der Waals surface area contributed by atoms with E-state index in [2.05, 4.69) is 15.6 Å². The van der Waals surface area contributed by atoms with E-state index in [0.717, 1.165) is 35.3 Å². The van der Waals surface area contributed by atoms with Crippen molar-refractivity contribution in [1.82, 2.24) is 9.55 Å². The summed E-state index contributed by atoms with van der Waals surface area (Å²) in [6.45, 7) is 0. The average Bonchev–Trinajstić information content (AvgIpc) is 3.10. The standard InChI is InChI=1S/C15H10ClN3O/c16-14-11(5-6-20-14)15-18-12-7-9(8-17)1-4-13(12)19(15)10-2-3-10/h1,4-7,10H,2-3H2. The molecular formula is C15H10ClN3O. The van der Waals surface area contributed by atoms with Crippen molar-refractivity contribution in [2.24, 2.45) is 0 Å². The summed E-state index contributed by atoms with van der Waals surface area (Å²) in [6.07, 6.45) is 3.86. The lowest BCUT2D eigenvalue weighted by atomic mass is 10.2. The highest BCUT2D eigenvalue weighted by atomic mass is 35.5. The van der Waals surface area contributed by atoms with Crippen molar-refractivity contribution in [2.75, 3.05) is 0 Å². The molecule has 0 amide bonds. The predicted molar refractivity (Wildman–Crippen MR) is 75.4 cm³/mol. The van der Waals surface area contributed by atoms with Crippen LogP contribution in [0.2, 0.25) is 5.22 Å². The van der Waals surface area contributed by atoms with Gasteiger partial charge in [-0.05, 0) is 48.7 Å². The van der Waals surface area contributed by atoms with Gasteiger partial charge in [0.05, 0.1) is 34.5 Å². The van der Waals surface area contributed by atoms with Gasteiger partial charge >= 0.3 is 0 Å². The van der Waals surface area contributed by atoms with E-state index in [-0.39, 0.29) is 0 Å². The Morgan fingerprint density at radius 2 is 2.20 bits per heavy atom. The molecule has 1 fully saturated rings. The normalized spacial score (nSPS) is 14.6. The van der Waals surface area contributed by atoms with Crippen LogP contribution in [0.1, 0.15) is 24.4 Å². The van der Waals surface area contributed by atoms with Crippen molar-refractivity contribution in [1.29, 1.82) is 5.26 Å². The third-order valence-corrected chi connectivity index (χ3v) is 3.88. The number of nitriles is 1. The fourth-order valence-corrected chi connectivity index (χ4v) is 2.71. The van der Waals surface area contributed by atoms with Gasteiger partial charge in [0.1, 0.15) is 5.82 Å². The Bertz CT molecular complexity index is 852. The Morgan fingerprint density at radius 3 is 2.85 bits per heavy atom. The van der Waals surface area contributed by atoms with Crippen LogP contribution in [0.3, 0.4) is 0 Å². The second-order valence-electron chi connectivity index (χ2n) is 4.96. The number of aromatic nitrogens is 2. The van der Waals surface area contributed by atoms with E-state index in [1.807, 2.05) is 24.3 Å². The highest BCUT2D eigenvalue weighted by Crippen LogP contribution is 2.42. The smallest absolute Gasteiger partial charge is 0.203 e. The van der Waals surface area contributed by atoms with Gasteiger partial charge in [-0.1, -0.05) is 0 Å². The van der Waals surface area contributed by atoms with E-state index in [1.54, 1.807) is 6.26 Å². The molecule has 98 valence electrons. The molecule has 2 heterocycles. The highest BCUT2D eigenvalue weighted by molar-refractivity contribution is 6.31. The minimum Gasteiger partial charge on any atom is -0.452 e. The number of fused-ring (bicyclic) bond motifs is 1. The summed E-state index contributed by atoms with van der Waals surface area (Å²) in [7, 11) is 0. The fourth-order valence-electron chi connectivity index (χ4n) is 2.51. The van der Waals surface area contributed by atoms with Gasteiger partial charge in [0.25, 0.3) is 0 Å². The van der Waals surface area contributed by atoms with Crippen LogP contribution in [0.15, 0.2) is 34.9 Å². The van der Waals surface area contributed by atoms with Gasteiger partial charge in [-0.2, -0.15) is 5.26 Å².